The van der Waals surface area contributed by atoms with Crippen LogP contribution in [0.3, 0.4) is 0 Å². The second-order valence-corrected chi connectivity index (χ2v) is 5.73. The highest BCUT2D eigenvalue weighted by atomic mass is 35.5. The summed E-state index contributed by atoms with van der Waals surface area (Å²) in [6.07, 6.45) is -2.82. The molecular formula is C16H15ClF3N3O3. The van der Waals surface area contributed by atoms with E-state index in [1.807, 2.05) is 0 Å². The average molecular weight is 390 g/mol. The molecule has 2 N–H and O–H groups in total. The maximum absolute atomic E-state index is 11.9. The van der Waals surface area contributed by atoms with Crippen LogP contribution in [0.1, 0.15) is 12.3 Å². The zero-order valence-electron chi connectivity index (χ0n) is 13.4. The number of benzene rings is 1. The Kier molecular flexibility index (Phi) is 6.62. The molecule has 6 nitrogen and oxygen atoms in total. The molecule has 0 saturated carbocycles. The summed E-state index contributed by atoms with van der Waals surface area (Å²) in [5.74, 6) is -0.578. The van der Waals surface area contributed by atoms with Crippen molar-refractivity contribution in [2.24, 2.45) is 0 Å². The predicted molar refractivity (Wildman–Crippen MR) is 87.3 cm³/mol. The second kappa shape index (κ2) is 8.70. The van der Waals surface area contributed by atoms with Gasteiger partial charge in [-0.05, 0) is 24.3 Å². The highest BCUT2D eigenvalue weighted by Gasteiger charge is 2.27. The lowest BCUT2D eigenvalue weighted by Gasteiger charge is -2.08. The van der Waals surface area contributed by atoms with E-state index in [1.165, 1.54) is 6.20 Å². The fourth-order valence-corrected chi connectivity index (χ4v) is 2.05. The monoisotopic (exact) mass is 389 g/mol. The molecule has 0 bridgehead atoms. The first-order chi connectivity index (χ1) is 12.2. The zero-order valence-corrected chi connectivity index (χ0v) is 14.2. The van der Waals surface area contributed by atoms with E-state index < -0.39 is 31.1 Å². The number of hydrogen-bond donors (Lipinski definition) is 2. The molecule has 10 heteroatoms. The normalized spacial score (nSPS) is 11.2. The van der Waals surface area contributed by atoms with Crippen LogP contribution in [0.25, 0.3) is 11.3 Å². The fraction of sp³-hybridized carbons (Fsp3) is 0.312. The third-order valence-electron chi connectivity index (χ3n) is 3.18. The molecule has 1 heterocycles. The lowest BCUT2D eigenvalue weighted by Crippen LogP contribution is -2.40. The Hall–Kier alpha value is -2.55. The third-order valence-corrected chi connectivity index (χ3v) is 3.43. The molecule has 0 spiro atoms. The fourth-order valence-electron chi connectivity index (χ4n) is 1.92. The van der Waals surface area contributed by atoms with Crippen LogP contribution in [0, 0.1) is 0 Å². The van der Waals surface area contributed by atoms with Gasteiger partial charge in [-0.1, -0.05) is 11.6 Å². The zero-order chi connectivity index (χ0) is 19.2. The van der Waals surface area contributed by atoms with Gasteiger partial charge in [-0.15, -0.1) is 0 Å². The summed E-state index contributed by atoms with van der Waals surface area (Å²) in [6.45, 7) is -1.97. The number of amides is 2. The molecule has 0 atom stereocenters. The minimum Gasteiger partial charge on any atom is -0.441 e. The Morgan fingerprint density at radius 2 is 1.81 bits per heavy atom. The number of oxazole rings is 1. The molecule has 0 aliphatic heterocycles. The quantitative estimate of drug-likeness (QED) is 0.762. The van der Waals surface area contributed by atoms with Crippen molar-refractivity contribution in [1.29, 1.82) is 0 Å². The number of aryl methyl sites for hydroxylation is 1. The summed E-state index contributed by atoms with van der Waals surface area (Å²) >= 11 is 5.81. The lowest BCUT2D eigenvalue weighted by molar-refractivity contribution is -0.138. The summed E-state index contributed by atoms with van der Waals surface area (Å²) in [4.78, 5) is 26.9. The molecule has 1 aromatic heterocycles. The molecule has 2 amide bonds. The average Bonchev–Trinajstić information content (AvgIpc) is 3.05. The summed E-state index contributed by atoms with van der Waals surface area (Å²) in [6, 6.07) is 6.94. The Bertz CT molecular complexity index is 760. The van der Waals surface area contributed by atoms with Crippen LogP contribution in [0.5, 0.6) is 0 Å². The van der Waals surface area contributed by atoms with Gasteiger partial charge in [0.05, 0.1) is 12.7 Å². The van der Waals surface area contributed by atoms with Gasteiger partial charge in [0.1, 0.15) is 6.54 Å². The van der Waals surface area contributed by atoms with Gasteiger partial charge < -0.3 is 15.1 Å². The lowest BCUT2D eigenvalue weighted by atomic mass is 10.2. The molecule has 0 unspecified atom stereocenters. The van der Waals surface area contributed by atoms with Crippen LogP contribution in [0.2, 0.25) is 5.02 Å². The molecule has 2 aromatic rings. The van der Waals surface area contributed by atoms with Crippen molar-refractivity contribution in [3.8, 4) is 11.3 Å². The molecule has 140 valence electrons. The Morgan fingerprint density at radius 1 is 1.12 bits per heavy atom. The number of nitrogens with one attached hydrogen (secondary N) is 2. The molecule has 1 aromatic carbocycles. The van der Waals surface area contributed by atoms with E-state index >= 15 is 0 Å². The predicted octanol–water partition coefficient (Wildman–Crippen LogP) is 2.72. The number of nitrogens with zero attached hydrogens (tertiary/aromatic N) is 1. The smallest absolute Gasteiger partial charge is 0.405 e. The largest absolute Gasteiger partial charge is 0.441 e. The first kappa shape index (κ1) is 19.8. The van der Waals surface area contributed by atoms with E-state index in [-0.39, 0.29) is 12.8 Å². The molecule has 0 saturated heterocycles. The van der Waals surface area contributed by atoms with Gasteiger partial charge in [-0.25, -0.2) is 4.98 Å². The number of rotatable bonds is 7. The van der Waals surface area contributed by atoms with Crippen LogP contribution in [-0.4, -0.2) is 36.1 Å². The van der Waals surface area contributed by atoms with Crippen molar-refractivity contribution in [3.05, 3.63) is 41.4 Å². The molecule has 0 radical (unpaired) electrons. The maximum atomic E-state index is 11.9. The Labute approximate surface area is 151 Å². The van der Waals surface area contributed by atoms with Crippen molar-refractivity contribution in [1.82, 2.24) is 15.6 Å². The van der Waals surface area contributed by atoms with Gasteiger partial charge in [-0.2, -0.15) is 13.2 Å². The summed E-state index contributed by atoms with van der Waals surface area (Å²) < 4.78 is 41.3. The van der Waals surface area contributed by atoms with Crippen molar-refractivity contribution in [2.45, 2.75) is 19.0 Å². The summed E-state index contributed by atoms with van der Waals surface area (Å²) in [5, 5.41) is 4.48. The maximum Gasteiger partial charge on any atom is 0.405 e. The molecular weight excluding hydrogens is 375 g/mol. The van der Waals surface area contributed by atoms with E-state index in [9.17, 15) is 22.8 Å². The number of carbonyl (C=O) groups is 2. The second-order valence-electron chi connectivity index (χ2n) is 5.29. The first-order valence-electron chi connectivity index (χ1n) is 7.54. The molecule has 2 rings (SSSR count). The van der Waals surface area contributed by atoms with E-state index in [1.54, 1.807) is 29.6 Å². The van der Waals surface area contributed by atoms with E-state index in [0.29, 0.717) is 16.7 Å². The number of carbonyl (C=O) groups excluding carboxylic acids is 2. The molecule has 0 aliphatic rings. The van der Waals surface area contributed by atoms with Gasteiger partial charge >= 0.3 is 6.18 Å². The van der Waals surface area contributed by atoms with Gasteiger partial charge in [0.15, 0.2) is 11.7 Å². The van der Waals surface area contributed by atoms with Crippen molar-refractivity contribution >= 4 is 23.4 Å². The van der Waals surface area contributed by atoms with Crippen LogP contribution in [0.15, 0.2) is 34.9 Å². The van der Waals surface area contributed by atoms with Crippen LogP contribution in [0.4, 0.5) is 13.2 Å². The van der Waals surface area contributed by atoms with Gasteiger partial charge in [-0.3, -0.25) is 9.59 Å². The van der Waals surface area contributed by atoms with Gasteiger partial charge in [0, 0.05) is 23.4 Å². The van der Waals surface area contributed by atoms with Crippen LogP contribution in [-0.2, 0) is 16.0 Å². The van der Waals surface area contributed by atoms with Crippen molar-refractivity contribution in [2.75, 3.05) is 13.1 Å². The first-order valence-corrected chi connectivity index (χ1v) is 7.91. The SMILES string of the molecule is O=C(CCc1ncc(-c2ccc(Cl)cc2)o1)NCC(=O)NCC(F)(F)F. The number of hydrogen-bond acceptors (Lipinski definition) is 4. The molecule has 0 fully saturated rings. The highest BCUT2D eigenvalue weighted by Crippen LogP contribution is 2.22. The Morgan fingerprint density at radius 3 is 2.46 bits per heavy atom. The molecule has 0 aliphatic carbocycles. The van der Waals surface area contributed by atoms with Crippen LogP contribution >= 0.6 is 11.6 Å². The van der Waals surface area contributed by atoms with E-state index in [2.05, 4.69) is 10.3 Å². The minimum atomic E-state index is -4.49. The summed E-state index contributed by atoms with van der Waals surface area (Å²) in [7, 11) is 0. The summed E-state index contributed by atoms with van der Waals surface area (Å²) in [5.41, 5.74) is 0.777. The number of alkyl halides is 3. The highest BCUT2D eigenvalue weighted by molar-refractivity contribution is 6.30. The van der Waals surface area contributed by atoms with Gasteiger partial charge in [0.25, 0.3) is 0 Å². The minimum absolute atomic E-state index is 0.0207. The Balaban J connectivity index is 1.74. The van der Waals surface area contributed by atoms with E-state index in [0.717, 1.165) is 5.56 Å². The topological polar surface area (TPSA) is 84.2 Å². The third kappa shape index (κ3) is 6.75. The standard InChI is InChI=1S/C16H15ClF3N3O3/c17-11-3-1-10(2-4-11)12-7-22-15(26-12)6-5-13(24)21-8-14(25)23-9-16(18,19)20/h1-4,7H,5-6,8-9H2,(H,21,24)(H,23,25). The number of aromatic nitrogens is 1. The van der Waals surface area contributed by atoms with Crippen LogP contribution < -0.4 is 10.6 Å². The van der Waals surface area contributed by atoms with Gasteiger partial charge in [0.2, 0.25) is 11.8 Å². The van der Waals surface area contributed by atoms with Crippen molar-refractivity contribution < 1.29 is 27.2 Å². The number of halogens is 4. The van der Waals surface area contributed by atoms with Crippen molar-refractivity contribution in [3.63, 3.8) is 0 Å². The van der Waals surface area contributed by atoms with E-state index in [4.69, 9.17) is 16.0 Å². The molecule has 26 heavy (non-hydrogen) atoms.